The Morgan fingerprint density at radius 1 is 1.43 bits per heavy atom. The van der Waals surface area contributed by atoms with E-state index in [0.717, 1.165) is 0 Å². The molecule has 0 aliphatic rings. The van der Waals surface area contributed by atoms with Crippen molar-refractivity contribution in [3.63, 3.8) is 0 Å². The molecule has 0 aliphatic heterocycles. The third-order valence-electron chi connectivity index (χ3n) is 1.66. The number of halogens is 3. The molecule has 1 heterocycles. The molecule has 1 rings (SSSR count). The SMILES string of the molecule is N[C@H](CC(F)(F)F)c1ccc(CO)o1. The predicted octanol–water partition coefficient (Wildman–Crippen LogP) is 1.72. The lowest BCUT2D eigenvalue weighted by Crippen LogP contribution is -2.19. The summed E-state index contributed by atoms with van der Waals surface area (Å²) in [5.41, 5.74) is 5.25. The van der Waals surface area contributed by atoms with Gasteiger partial charge in [-0.1, -0.05) is 0 Å². The van der Waals surface area contributed by atoms with Crippen molar-refractivity contribution in [3.05, 3.63) is 23.7 Å². The van der Waals surface area contributed by atoms with Gasteiger partial charge in [0.1, 0.15) is 18.1 Å². The van der Waals surface area contributed by atoms with Gasteiger partial charge in [0.05, 0.1) is 12.5 Å². The van der Waals surface area contributed by atoms with Gasteiger partial charge in [-0.3, -0.25) is 0 Å². The van der Waals surface area contributed by atoms with Crippen LogP contribution in [0.2, 0.25) is 0 Å². The molecule has 14 heavy (non-hydrogen) atoms. The number of rotatable bonds is 3. The molecule has 0 fully saturated rings. The molecule has 0 bridgehead atoms. The first-order valence-corrected chi connectivity index (χ1v) is 3.94. The van der Waals surface area contributed by atoms with E-state index in [1.807, 2.05) is 0 Å². The summed E-state index contributed by atoms with van der Waals surface area (Å²) in [7, 11) is 0. The fraction of sp³-hybridized carbons (Fsp3) is 0.500. The van der Waals surface area contributed by atoms with Crippen molar-refractivity contribution < 1.29 is 22.7 Å². The number of hydrogen-bond donors (Lipinski definition) is 2. The zero-order valence-electron chi connectivity index (χ0n) is 7.21. The highest BCUT2D eigenvalue weighted by atomic mass is 19.4. The Bertz CT molecular complexity index is 295. The van der Waals surface area contributed by atoms with Gasteiger partial charge in [-0.25, -0.2) is 0 Å². The van der Waals surface area contributed by atoms with Crippen molar-refractivity contribution in [1.82, 2.24) is 0 Å². The minimum absolute atomic E-state index is 0.0337. The summed E-state index contributed by atoms with van der Waals surface area (Å²) in [5.74, 6) is 0.240. The van der Waals surface area contributed by atoms with E-state index in [9.17, 15) is 13.2 Å². The molecule has 0 spiro atoms. The van der Waals surface area contributed by atoms with Crippen LogP contribution in [-0.4, -0.2) is 11.3 Å². The van der Waals surface area contributed by atoms with Crippen LogP contribution in [0.15, 0.2) is 16.5 Å². The van der Waals surface area contributed by atoms with E-state index in [1.165, 1.54) is 12.1 Å². The highest BCUT2D eigenvalue weighted by Gasteiger charge is 2.32. The summed E-state index contributed by atoms with van der Waals surface area (Å²) >= 11 is 0. The lowest BCUT2D eigenvalue weighted by Gasteiger charge is -2.11. The van der Waals surface area contributed by atoms with Gasteiger partial charge in [0.25, 0.3) is 0 Å². The summed E-state index contributed by atoms with van der Waals surface area (Å²) < 4.78 is 40.6. The van der Waals surface area contributed by atoms with E-state index in [1.54, 1.807) is 0 Å². The van der Waals surface area contributed by atoms with E-state index in [2.05, 4.69) is 0 Å². The van der Waals surface area contributed by atoms with Crippen LogP contribution in [-0.2, 0) is 6.61 Å². The predicted molar refractivity (Wildman–Crippen MR) is 42.2 cm³/mol. The molecule has 1 atom stereocenters. The van der Waals surface area contributed by atoms with E-state index in [-0.39, 0.29) is 18.1 Å². The van der Waals surface area contributed by atoms with Gasteiger partial charge in [-0.05, 0) is 12.1 Å². The number of aliphatic hydroxyl groups is 1. The third-order valence-corrected chi connectivity index (χ3v) is 1.66. The topological polar surface area (TPSA) is 59.4 Å². The molecule has 0 aliphatic carbocycles. The van der Waals surface area contributed by atoms with E-state index < -0.39 is 18.6 Å². The first-order chi connectivity index (χ1) is 6.42. The standard InChI is InChI=1S/C8H10F3NO2/c9-8(10,11)3-6(12)7-2-1-5(4-13)14-7/h1-2,6,13H,3-4,12H2/t6-/m1/s1. The molecule has 1 aromatic heterocycles. The van der Waals surface area contributed by atoms with Crippen LogP contribution >= 0.6 is 0 Å². The Morgan fingerprint density at radius 3 is 2.50 bits per heavy atom. The van der Waals surface area contributed by atoms with Gasteiger partial charge < -0.3 is 15.3 Å². The Balaban J connectivity index is 2.65. The summed E-state index contributed by atoms with van der Waals surface area (Å²) in [6, 6.07) is 1.52. The maximum absolute atomic E-state index is 11.9. The first-order valence-electron chi connectivity index (χ1n) is 3.94. The molecule has 0 saturated carbocycles. The van der Waals surface area contributed by atoms with Crippen molar-refractivity contribution in [2.24, 2.45) is 5.73 Å². The molecule has 3 nitrogen and oxygen atoms in total. The largest absolute Gasteiger partial charge is 0.462 e. The van der Waals surface area contributed by atoms with Crippen LogP contribution in [0.5, 0.6) is 0 Å². The highest BCUT2D eigenvalue weighted by Crippen LogP contribution is 2.28. The second-order valence-electron chi connectivity index (χ2n) is 2.89. The minimum Gasteiger partial charge on any atom is -0.462 e. The molecule has 0 saturated heterocycles. The average molecular weight is 209 g/mol. The van der Waals surface area contributed by atoms with Gasteiger partial charge in [0, 0.05) is 0 Å². The Morgan fingerprint density at radius 2 is 2.07 bits per heavy atom. The molecule has 1 aromatic rings. The summed E-state index contributed by atoms with van der Waals surface area (Å²) in [5, 5.41) is 8.61. The van der Waals surface area contributed by atoms with Gasteiger partial charge in [0.2, 0.25) is 0 Å². The number of hydrogen-bond acceptors (Lipinski definition) is 3. The molecule has 80 valence electrons. The average Bonchev–Trinajstić information content (AvgIpc) is 2.48. The second kappa shape index (κ2) is 4.02. The van der Waals surface area contributed by atoms with Crippen LogP contribution in [0.3, 0.4) is 0 Å². The van der Waals surface area contributed by atoms with Crippen LogP contribution in [0.4, 0.5) is 13.2 Å². The molecular weight excluding hydrogens is 199 g/mol. The molecule has 0 aromatic carbocycles. The molecular formula is C8H10F3NO2. The highest BCUT2D eigenvalue weighted by molar-refractivity contribution is 5.10. The van der Waals surface area contributed by atoms with Crippen LogP contribution in [0, 0.1) is 0 Å². The van der Waals surface area contributed by atoms with Crippen molar-refractivity contribution >= 4 is 0 Å². The first kappa shape index (κ1) is 11.1. The zero-order valence-corrected chi connectivity index (χ0v) is 7.21. The van der Waals surface area contributed by atoms with Crippen LogP contribution < -0.4 is 5.73 Å². The summed E-state index contributed by atoms with van der Waals surface area (Å²) in [6.45, 7) is -0.348. The van der Waals surface area contributed by atoms with Crippen molar-refractivity contribution in [2.45, 2.75) is 25.2 Å². The maximum Gasteiger partial charge on any atom is 0.391 e. The normalized spacial score (nSPS) is 14.4. The second-order valence-corrected chi connectivity index (χ2v) is 2.89. The quantitative estimate of drug-likeness (QED) is 0.796. The summed E-state index contributed by atoms with van der Waals surface area (Å²) in [4.78, 5) is 0. The smallest absolute Gasteiger partial charge is 0.391 e. The fourth-order valence-electron chi connectivity index (χ4n) is 1.03. The van der Waals surface area contributed by atoms with Crippen LogP contribution in [0.1, 0.15) is 24.0 Å². The van der Waals surface area contributed by atoms with Gasteiger partial charge >= 0.3 is 6.18 Å². The lowest BCUT2D eigenvalue weighted by molar-refractivity contribution is -0.139. The molecule has 3 N–H and O–H groups in total. The van der Waals surface area contributed by atoms with E-state index in [0.29, 0.717) is 0 Å². The van der Waals surface area contributed by atoms with Gasteiger partial charge in [-0.15, -0.1) is 0 Å². The Hall–Kier alpha value is -1.01. The number of aliphatic hydroxyl groups excluding tert-OH is 1. The Labute approximate surface area is 78.3 Å². The number of alkyl halides is 3. The Kier molecular flexibility index (Phi) is 3.17. The molecule has 6 heteroatoms. The van der Waals surface area contributed by atoms with Gasteiger partial charge in [0.15, 0.2) is 0 Å². The summed E-state index contributed by atoms with van der Waals surface area (Å²) in [6.07, 6.45) is -5.45. The molecule has 0 amide bonds. The van der Waals surface area contributed by atoms with Gasteiger partial charge in [-0.2, -0.15) is 13.2 Å². The number of furan rings is 1. The zero-order chi connectivity index (χ0) is 10.8. The van der Waals surface area contributed by atoms with E-state index in [4.69, 9.17) is 15.3 Å². The lowest BCUT2D eigenvalue weighted by atomic mass is 10.2. The minimum atomic E-state index is -4.31. The van der Waals surface area contributed by atoms with E-state index >= 15 is 0 Å². The monoisotopic (exact) mass is 209 g/mol. The van der Waals surface area contributed by atoms with Crippen LogP contribution in [0.25, 0.3) is 0 Å². The number of nitrogens with two attached hydrogens (primary N) is 1. The molecule has 0 radical (unpaired) electrons. The molecule has 0 unspecified atom stereocenters. The van der Waals surface area contributed by atoms with Crippen molar-refractivity contribution in [1.29, 1.82) is 0 Å². The fourth-order valence-corrected chi connectivity index (χ4v) is 1.03. The van der Waals surface area contributed by atoms with Crippen molar-refractivity contribution in [2.75, 3.05) is 0 Å². The maximum atomic E-state index is 11.9. The third kappa shape index (κ3) is 3.04. The van der Waals surface area contributed by atoms with Crippen molar-refractivity contribution in [3.8, 4) is 0 Å².